The predicted octanol–water partition coefficient (Wildman–Crippen LogP) is 0.243. The van der Waals surface area contributed by atoms with Gasteiger partial charge in [0.05, 0.1) is 0 Å². The van der Waals surface area contributed by atoms with Crippen LogP contribution in [0.25, 0.3) is 0 Å². The van der Waals surface area contributed by atoms with Crippen molar-refractivity contribution in [3.8, 4) is 0 Å². The van der Waals surface area contributed by atoms with E-state index in [1.807, 2.05) is 11.8 Å². The molecular weight excluding hydrogens is 218 g/mol. The first-order chi connectivity index (χ1) is 8.13. The van der Waals surface area contributed by atoms with Crippen LogP contribution in [0.4, 0.5) is 0 Å². The zero-order valence-electron chi connectivity index (χ0n) is 10.6. The maximum Gasteiger partial charge on any atom is 0.222 e. The van der Waals surface area contributed by atoms with Crippen molar-refractivity contribution in [1.29, 1.82) is 0 Å². The molecule has 2 amide bonds. The molecule has 0 radical (unpaired) electrons. The van der Waals surface area contributed by atoms with E-state index < -0.39 is 0 Å². The molecule has 0 spiro atoms. The van der Waals surface area contributed by atoms with Crippen LogP contribution in [0.2, 0.25) is 0 Å². The number of rotatable bonds is 5. The van der Waals surface area contributed by atoms with Crippen LogP contribution in [-0.2, 0) is 9.59 Å². The largest absolute Gasteiger partial charge is 0.356 e. The van der Waals surface area contributed by atoms with Crippen LogP contribution in [0.5, 0.6) is 0 Å². The minimum absolute atomic E-state index is 0.0237. The highest BCUT2D eigenvalue weighted by Gasteiger charge is 2.20. The van der Waals surface area contributed by atoms with Crippen molar-refractivity contribution in [3.63, 3.8) is 0 Å². The van der Waals surface area contributed by atoms with Gasteiger partial charge in [-0.05, 0) is 26.2 Å². The third kappa shape index (κ3) is 5.17. The van der Waals surface area contributed by atoms with Gasteiger partial charge in [0.1, 0.15) is 0 Å². The standard InChI is InChI=1S/C12H23N3O2/c1-2-14-11(16)6-3-7-12(17)15-8-4-5-10(13)9-15/h10H,2-9,13H2,1H3,(H,14,16). The number of likely N-dealkylation sites (tertiary alicyclic amines) is 1. The summed E-state index contributed by atoms with van der Waals surface area (Å²) in [6, 6.07) is 0.121. The Morgan fingerprint density at radius 3 is 2.82 bits per heavy atom. The van der Waals surface area contributed by atoms with E-state index in [2.05, 4.69) is 5.32 Å². The summed E-state index contributed by atoms with van der Waals surface area (Å²) in [6.45, 7) is 4.01. The molecule has 1 aliphatic rings. The fourth-order valence-electron chi connectivity index (χ4n) is 2.08. The van der Waals surface area contributed by atoms with Gasteiger partial charge in [0.15, 0.2) is 0 Å². The van der Waals surface area contributed by atoms with Gasteiger partial charge < -0.3 is 16.0 Å². The lowest BCUT2D eigenvalue weighted by Gasteiger charge is -2.30. The highest BCUT2D eigenvalue weighted by molar-refractivity contribution is 5.79. The zero-order valence-corrected chi connectivity index (χ0v) is 10.6. The van der Waals surface area contributed by atoms with Gasteiger partial charge in [-0.3, -0.25) is 9.59 Å². The molecule has 3 N–H and O–H groups in total. The van der Waals surface area contributed by atoms with Gasteiger partial charge in [0.25, 0.3) is 0 Å². The Morgan fingerprint density at radius 1 is 1.41 bits per heavy atom. The average molecular weight is 241 g/mol. The Labute approximate surface area is 103 Å². The molecule has 1 saturated heterocycles. The van der Waals surface area contributed by atoms with Crippen molar-refractivity contribution >= 4 is 11.8 Å². The van der Waals surface area contributed by atoms with Crippen LogP contribution < -0.4 is 11.1 Å². The van der Waals surface area contributed by atoms with Gasteiger partial charge in [-0.1, -0.05) is 0 Å². The van der Waals surface area contributed by atoms with Crippen molar-refractivity contribution < 1.29 is 9.59 Å². The lowest BCUT2D eigenvalue weighted by molar-refractivity contribution is -0.132. The maximum absolute atomic E-state index is 11.8. The van der Waals surface area contributed by atoms with E-state index in [4.69, 9.17) is 5.73 Å². The van der Waals surface area contributed by atoms with Gasteiger partial charge in [-0.2, -0.15) is 0 Å². The third-order valence-corrected chi connectivity index (χ3v) is 2.98. The van der Waals surface area contributed by atoms with Gasteiger partial charge in [-0.25, -0.2) is 0 Å². The van der Waals surface area contributed by atoms with E-state index >= 15 is 0 Å². The highest BCUT2D eigenvalue weighted by Crippen LogP contribution is 2.10. The second-order valence-corrected chi connectivity index (χ2v) is 4.55. The lowest BCUT2D eigenvalue weighted by Crippen LogP contribution is -2.45. The minimum atomic E-state index is 0.0237. The van der Waals surface area contributed by atoms with Crippen LogP contribution in [0.15, 0.2) is 0 Å². The minimum Gasteiger partial charge on any atom is -0.356 e. The van der Waals surface area contributed by atoms with Crippen molar-refractivity contribution in [2.75, 3.05) is 19.6 Å². The number of carbonyl (C=O) groups excluding carboxylic acids is 2. The molecular formula is C12H23N3O2. The van der Waals surface area contributed by atoms with E-state index in [0.29, 0.717) is 32.4 Å². The van der Waals surface area contributed by atoms with Crippen LogP contribution in [0.3, 0.4) is 0 Å². The van der Waals surface area contributed by atoms with Gasteiger partial charge in [-0.15, -0.1) is 0 Å². The van der Waals surface area contributed by atoms with Crippen molar-refractivity contribution in [3.05, 3.63) is 0 Å². The summed E-state index contributed by atoms with van der Waals surface area (Å²) in [5, 5.41) is 2.72. The summed E-state index contributed by atoms with van der Waals surface area (Å²) < 4.78 is 0. The number of nitrogens with two attached hydrogens (primary N) is 1. The van der Waals surface area contributed by atoms with Crippen LogP contribution in [0, 0.1) is 0 Å². The number of nitrogens with one attached hydrogen (secondary N) is 1. The Balaban J connectivity index is 2.18. The smallest absolute Gasteiger partial charge is 0.222 e. The third-order valence-electron chi connectivity index (χ3n) is 2.98. The van der Waals surface area contributed by atoms with Gasteiger partial charge >= 0.3 is 0 Å². The molecule has 5 heteroatoms. The van der Waals surface area contributed by atoms with Gasteiger partial charge in [0, 0.05) is 38.5 Å². The second kappa shape index (κ2) is 7.27. The van der Waals surface area contributed by atoms with E-state index in [-0.39, 0.29) is 17.9 Å². The first-order valence-corrected chi connectivity index (χ1v) is 6.43. The van der Waals surface area contributed by atoms with E-state index in [9.17, 15) is 9.59 Å². The summed E-state index contributed by atoms with van der Waals surface area (Å²) in [7, 11) is 0. The molecule has 5 nitrogen and oxygen atoms in total. The summed E-state index contributed by atoms with van der Waals surface area (Å²) in [4.78, 5) is 24.8. The molecule has 0 aromatic rings. The molecule has 0 aromatic heterocycles. The Kier molecular flexibility index (Phi) is 5.97. The SMILES string of the molecule is CCNC(=O)CCCC(=O)N1CCCC(N)C1. The Hall–Kier alpha value is -1.10. The molecule has 1 atom stereocenters. The van der Waals surface area contributed by atoms with Crippen LogP contribution in [-0.4, -0.2) is 42.4 Å². The topological polar surface area (TPSA) is 75.4 Å². The van der Waals surface area contributed by atoms with E-state index in [1.165, 1.54) is 0 Å². The number of hydrogen-bond donors (Lipinski definition) is 2. The molecule has 0 bridgehead atoms. The first kappa shape index (κ1) is 14.0. The molecule has 1 aliphatic heterocycles. The molecule has 0 saturated carbocycles. The van der Waals surface area contributed by atoms with Crippen molar-refractivity contribution in [2.24, 2.45) is 5.73 Å². The van der Waals surface area contributed by atoms with E-state index in [1.54, 1.807) is 0 Å². The number of nitrogens with zero attached hydrogens (tertiary/aromatic N) is 1. The first-order valence-electron chi connectivity index (χ1n) is 6.43. The molecule has 17 heavy (non-hydrogen) atoms. The molecule has 0 aromatic carbocycles. The Bertz CT molecular complexity index is 268. The Morgan fingerprint density at radius 2 is 2.18 bits per heavy atom. The highest BCUT2D eigenvalue weighted by atomic mass is 16.2. The summed E-state index contributed by atoms with van der Waals surface area (Å²) in [6.07, 6.45) is 3.49. The number of piperidine rings is 1. The maximum atomic E-state index is 11.8. The molecule has 1 heterocycles. The van der Waals surface area contributed by atoms with Crippen LogP contribution >= 0.6 is 0 Å². The van der Waals surface area contributed by atoms with Crippen molar-refractivity contribution in [2.45, 2.75) is 45.1 Å². The molecule has 0 aliphatic carbocycles. The lowest BCUT2D eigenvalue weighted by atomic mass is 10.1. The second-order valence-electron chi connectivity index (χ2n) is 4.55. The molecule has 1 fully saturated rings. The number of carbonyl (C=O) groups is 2. The summed E-state index contributed by atoms with van der Waals surface area (Å²) in [5.74, 6) is 0.153. The summed E-state index contributed by atoms with van der Waals surface area (Å²) >= 11 is 0. The normalized spacial score (nSPS) is 20.1. The fourth-order valence-corrected chi connectivity index (χ4v) is 2.08. The average Bonchev–Trinajstić information content (AvgIpc) is 2.29. The van der Waals surface area contributed by atoms with Crippen molar-refractivity contribution in [1.82, 2.24) is 10.2 Å². The van der Waals surface area contributed by atoms with E-state index in [0.717, 1.165) is 19.4 Å². The molecule has 1 rings (SSSR count). The number of hydrogen-bond acceptors (Lipinski definition) is 3. The molecule has 1 unspecified atom stereocenters. The zero-order chi connectivity index (χ0) is 12.7. The van der Waals surface area contributed by atoms with Crippen LogP contribution in [0.1, 0.15) is 39.0 Å². The number of amides is 2. The quantitative estimate of drug-likeness (QED) is 0.724. The van der Waals surface area contributed by atoms with Gasteiger partial charge in [0.2, 0.25) is 11.8 Å². The monoisotopic (exact) mass is 241 g/mol. The molecule has 98 valence electrons. The predicted molar refractivity (Wildman–Crippen MR) is 66.3 cm³/mol. The summed E-state index contributed by atoms with van der Waals surface area (Å²) in [5.41, 5.74) is 5.82. The fraction of sp³-hybridized carbons (Fsp3) is 0.833.